The fourth-order valence-corrected chi connectivity index (χ4v) is 5.51. The van der Waals surface area contributed by atoms with Crippen LogP contribution in [-0.2, 0) is 24.2 Å². The van der Waals surface area contributed by atoms with Gasteiger partial charge in [-0.15, -0.1) is 0 Å². The Balaban J connectivity index is 1.42. The average Bonchev–Trinajstić information content (AvgIpc) is 3.04. The standard InChI is InChI=1S/C19H26N2O6S/c1-26-17-5-3-2-4-16(17)20-7-9-21(10-8-20)18(22)13-27-19(23)12-15-6-11-28(24,25)14-15/h2-5,15H,6-14H2,1H3/t15-/m0/s1. The second kappa shape index (κ2) is 8.81. The molecule has 0 saturated carbocycles. The predicted molar refractivity (Wildman–Crippen MR) is 104 cm³/mol. The monoisotopic (exact) mass is 410 g/mol. The number of amides is 1. The lowest BCUT2D eigenvalue weighted by molar-refractivity contribution is -0.152. The number of carbonyl (C=O) groups excluding carboxylic acids is 2. The van der Waals surface area contributed by atoms with Gasteiger partial charge in [-0.1, -0.05) is 12.1 Å². The minimum Gasteiger partial charge on any atom is -0.495 e. The van der Waals surface area contributed by atoms with Gasteiger partial charge >= 0.3 is 5.97 Å². The highest BCUT2D eigenvalue weighted by atomic mass is 32.2. The van der Waals surface area contributed by atoms with Crippen LogP contribution in [0.3, 0.4) is 0 Å². The second-order valence-electron chi connectivity index (χ2n) is 7.17. The van der Waals surface area contributed by atoms with E-state index in [0.717, 1.165) is 11.4 Å². The summed E-state index contributed by atoms with van der Waals surface area (Å²) in [6, 6.07) is 7.76. The number of hydrogen-bond acceptors (Lipinski definition) is 7. The molecule has 0 aromatic heterocycles. The summed E-state index contributed by atoms with van der Waals surface area (Å²) in [6.45, 7) is 2.11. The van der Waals surface area contributed by atoms with Crippen molar-refractivity contribution in [2.45, 2.75) is 12.8 Å². The molecule has 2 aliphatic heterocycles. The Morgan fingerprint density at radius 2 is 1.86 bits per heavy atom. The molecule has 8 nitrogen and oxygen atoms in total. The molecule has 1 atom stereocenters. The van der Waals surface area contributed by atoms with E-state index in [0.29, 0.717) is 32.6 Å². The van der Waals surface area contributed by atoms with Crippen molar-refractivity contribution in [2.75, 3.05) is 56.3 Å². The zero-order valence-corrected chi connectivity index (χ0v) is 16.8. The van der Waals surface area contributed by atoms with Crippen LogP contribution in [0.15, 0.2) is 24.3 Å². The largest absolute Gasteiger partial charge is 0.495 e. The van der Waals surface area contributed by atoms with Gasteiger partial charge in [0.1, 0.15) is 5.75 Å². The number of benzene rings is 1. The highest BCUT2D eigenvalue weighted by molar-refractivity contribution is 7.91. The van der Waals surface area contributed by atoms with Gasteiger partial charge in [-0.25, -0.2) is 8.42 Å². The molecule has 1 amide bonds. The molecular formula is C19H26N2O6S. The number of hydrogen-bond donors (Lipinski definition) is 0. The van der Waals surface area contributed by atoms with E-state index < -0.39 is 15.8 Å². The minimum atomic E-state index is -3.02. The lowest BCUT2D eigenvalue weighted by atomic mass is 10.1. The van der Waals surface area contributed by atoms with E-state index in [-0.39, 0.29) is 36.4 Å². The first-order chi connectivity index (χ1) is 13.4. The summed E-state index contributed by atoms with van der Waals surface area (Å²) < 4.78 is 33.3. The van der Waals surface area contributed by atoms with E-state index in [1.54, 1.807) is 12.0 Å². The summed E-state index contributed by atoms with van der Waals surface area (Å²) in [7, 11) is -1.39. The molecule has 2 aliphatic rings. The van der Waals surface area contributed by atoms with Crippen LogP contribution in [0.1, 0.15) is 12.8 Å². The van der Waals surface area contributed by atoms with Gasteiger partial charge in [0.05, 0.1) is 24.3 Å². The number of rotatable bonds is 6. The Kier molecular flexibility index (Phi) is 6.43. The summed E-state index contributed by atoms with van der Waals surface area (Å²) in [6.07, 6.45) is 0.532. The van der Waals surface area contributed by atoms with Gasteiger partial charge in [0.25, 0.3) is 5.91 Å². The lowest BCUT2D eigenvalue weighted by Gasteiger charge is -2.36. The van der Waals surface area contributed by atoms with E-state index in [1.807, 2.05) is 24.3 Å². The van der Waals surface area contributed by atoms with Crippen LogP contribution in [0.25, 0.3) is 0 Å². The zero-order valence-electron chi connectivity index (χ0n) is 16.0. The number of nitrogens with zero attached hydrogens (tertiary/aromatic N) is 2. The van der Waals surface area contributed by atoms with Crippen molar-refractivity contribution in [1.82, 2.24) is 4.90 Å². The number of carbonyl (C=O) groups is 2. The van der Waals surface area contributed by atoms with Crippen LogP contribution >= 0.6 is 0 Å². The third-order valence-corrected chi connectivity index (χ3v) is 7.03. The van der Waals surface area contributed by atoms with Crippen molar-refractivity contribution >= 4 is 27.4 Å². The average molecular weight is 410 g/mol. The van der Waals surface area contributed by atoms with E-state index in [9.17, 15) is 18.0 Å². The maximum atomic E-state index is 12.3. The van der Waals surface area contributed by atoms with Crippen molar-refractivity contribution in [3.8, 4) is 5.75 Å². The van der Waals surface area contributed by atoms with Crippen LogP contribution in [-0.4, -0.2) is 76.6 Å². The molecule has 1 aromatic carbocycles. The molecule has 0 spiro atoms. The second-order valence-corrected chi connectivity index (χ2v) is 9.40. The van der Waals surface area contributed by atoms with E-state index in [4.69, 9.17) is 9.47 Å². The molecule has 28 heavy (non-hydrogen) atoms. The molecule has 2 fully saturated rings. The molecule has 2 saturated heterocycles. The highest BCUT2D eigenvalue weighted by Gasteiger charge is 2.30. The number of piperazine rings is 1. The van der Waals surface area contributed by atoms with E-state index in [2.05, 4.69) is 4.90 Å². The zero-order chi connectivity index (χ0) is 20.1. The molecule has 1 aromatic rings. The molecule has 0 N–H and O–H groups in total. The number of anilines is 1. The summed E-state index contributed by atoms with van der Waals surface area (Å²) >= 11 is 0. The molecule has 2 heterocycles. The van der Waals surface area contributed by atoms with E-state index >= 15 is 0 Å². The SMILES string of the molecule is COc1ccccc1N1CCN(C(=O)COC(=O)C[C@@H]2CCS(=O)(=O)C2)CC1. The summed E-state index contributed by atoms with van der Waals surface area (Å²) in [5, 5.41) is 0. The fourth-order valence-electron chi connectivity index (χ4n) is 3.65. The maximum absolute atomic E-state index is 12.3. The Morgan fingerprint density at radius 1 is 1.14 bits per heavy atom. The first kappa shape index (κ1) is 20.4. The van der Waals surface area contributed by atoms with Gasteiger partial charge in [-0.2, -0.15) is 0 Å². The summed E-state index contributed by atoms with van der Waals surface area (Å²) in [5.74, 6) is 0.0127. The van der Waals surface area contributed by atoms with Crippen LogP contribution in [0.4, 0.5) is 5.69 Å². The van der Waals surface area contributed by atoms with Gasteiger partial charge in [0, 0.05) is 32.6 Å². The third kappa shape index (κ3) is 5.15. The fraction of sp³-hybridized carbons (Fsp3) is 0.579. The number of methoxy groups -OCH3 is 1. The van der Waals surface area contributed by atoms with Crippen molar-refractivity contribution in [2.24, 2.45) is 5.92 Å². The Morgan fingerprint density at radius 3 is 2.50 bits per heavy atom. The number of esters is 1. The first-order valence-corrected chi connectivity index (χ1v) is 11.2. The summed E-state index contributed by atoms with van der Waals surface area (Å²) in [4.78, 5) is 28.1. The summed E-state index contributed by atoms with van der Waals surface area (Å²) in [5.41, 5.74) is 0.995. The Labute approximate surface area is 165 Å². The van der Waals surface area contributed by atoms with E-state index in [1.165, 1.54) is 0 Å². The third-order valence-electron chi connectivity index (χ3n) is 5.20. The molecule has 0 aliphatic carbocycles. The Hall–Kier alpha value is -2.29. The molecule has 0 radical (unpaired) electrons. The van der Waals surface area contributed by atoms with Crippen LogP contribution in [0, 0.1) is 5.92 Å². The topological polar surface area (TPSA) is 93.2 Å². The molecular weight excluding hydrogens is 384 g/mol. The van der Waals surface area contributed by atoms with Crippen LogP contribution in [0.2, 0.25) is 0 Å². The maximum Gasteiger partial charge on any atom is 0.306 e. The van der Waals surface area contributed by atoms with Crippen molar-refractivity contribution in [3.05, 3.63) is 24.3 Å². The normalized spacial score (nSPS) is 21.4. The van der Waals surface area contributed by atoms with Crippen molar-refractivity contribution in [3.63, 3.8) is 0 Å². The smallest absolute Gasteiger partial charge is 0.306 e. The number of sulfone groups is 1. The number of ether oxygens (including phenoxy) is 2. The van der Waals surface area contributed by atoms with Gasteiger partial charge in [-0.3, -0.25) is 9.59 Å². The van der Waals surface area contributed by atoms with Gasteiger partial charge < -0.3 is 19.3 Å². The van der Waals surface area contributed by atoms with Gasteiger partial charge in [-0.05, 0) is 24.5 Å². The molecule has 154 valence electrons. The predicted octanol–water partition coefficient (Wildman–Crippen LogP) is 0.712. The van der Waals surface area contributed by atoms with Gasteiger partial charge in [0.15, 0.2) is 16.4 Å². The molecule has 0 unspecified atom stereocenters. The van der Waals surface area contributed by atoms with Crippen molar-refractivity contribution in [1.29, 1.82) is 0 Å². The molecule has 0 bridgehead atoms. The highest BCUT2D eigenvalue weighted by Crippen LogP contribution is 2.28. The lowest BCUT2D eigenvalue weighted by Crippen LogP contribution is -2.50. The number of para-hydroxylation sites is 2. The van der Waals surface area contributed by atoms with Crippen LogP contribution in [0.5, 0.6) is 5.75 Å². The van der Waals surface area contributed by atoms with Gasteiger partial charge in [0.2, 0.25) is 0 Å². The quantitative estimate of drug-likeness (QED) is 0.638. The molecule has 3 rings (SSSR count). The molecule has 9 heteroatoms. The Bertz CT molecular complexity index is 817. The minimum absolute atomic E-state index is 0.0287. The first-order valence-electron chi connectivity index (χ1n) is 9.40. The van der Waals surface area contributed by atoms with Crippen molar-refractivity contribution < 1.29 is 27.5 Å². The van der Waals surface area contributed by atoms with Crippen LogP contribution < -0.4 is 9.64 Å².